The van der Waals surface area contributed by atoms with Gasteiger partial charge in [-0.2, -0.15) is 0 Å². The van der Waals surface area contributed by atoms with Crippen molar-refractivity contribution in [2.45, 2.75) is 41.5 Å². The zero-order chi connectivity index (χ0) is 16.3. The van der Waals surface area contributed by atoms with Crippen LogP contribution in [0.4, 0.5) is 0 Å². The molecule has 0 atom stereocenters. The largest absolute Gasteiger partial charge is 0.0551 e. The van der Waals surface area contributed by atoms with Gasteiger partial charge in [0.2, 0.25) is 0 Å². The molecule has 0 fully saturated rings. The van der Waals surface area contributed by atoms with Gasteiger partial charge in [0, 0.05) is 11.1 Å². The first-order chi connectivity index (χ1) is 10.4. The van der Waals surface area contributed by atoms with Gasteiger partial charge < -0.3 is 0 Å². The highest BCUT2D eigenvalue weighted by atomic mass is 14.0. The Kier molecular flexibility index (Phi) is 4.75. The molecule has 0 aliphatic carbocycles. The van der Waals surface area contributed by atoms with Crippen molar-refractivity contribution in [3.63, 3.8) is 0 Å². The molecule has 0 aromatic heterocycles. The van der Waals surface area contributed by atoms with Gasteiger partial charge in [-0.05, 0) is 75.6 Å². The van der Waals surface area contributed by atoms with Crippen LogP contribution in [0.5, 0.6) is 0 Å². The van der Waals surface area contributed by atoms with Gasteiger partial charge in [0.1, 0.15) is 0 Å². The van der Waals surface area contributed by atoms with Crippen molar-refractivity contribution in [1.82, 2.24) is 0 Å². The Balaban J connectivity index is 2.35. The number of aryl methyl sites for hydroxylation is 6. The normalized spacial score (nSPS) is 9.55. The van der Waals surface area contributed by atoms with E-state index in [9.17, 15) is 0 Å². The molecule has 0 radical (unpaired) electrons. The van der Waals surface area contributed by atoms with Crippen LogP contribution in [-0.2, 0) is 0 Å². The van der Waals surface area contributed by atoms with E-state index < -0.39 is 0 Å². The monoisotopic (exact) mass is 286 g/mol. The summed E-state index contributed by atoms with van der Waals surface area (Å²) in [4.78, 5) is 0. The van der Waals surface area contributed by atoms with Gasteiger partial charge in [-0.25, -0.2) is 0 Å². The Morgan fingerprint density at radius 1 is 0.500 bits per heavy atom. The molecule has 0 bridgehead atoms. The second kappa shape index (κ2) is 6.55. The fourth-order valence-corrected chi connectivity index (χ4v) is 2.94. The first-order valence-corrected chi connectivity index (χ1v) is 7.56. The summed E-state index contributed by atoms with van der Waals surface area (Å²) < 4.78 is 0. The molecule has 2 rings (SSSR count). The average Bonchev–Trinajstić information content (AvgIpc) is 2.38. The molecule has 0 saturated carbocycles. The third-order valence-electron chi connectivity index (χ3n) is 3.79. The van der Waals surface area contributed by atoms with Crippen LogP contribution in [0.2, 0.25) is 0 Å². The van der Waals surface area contributed by atoms with Crippen molar-refractivity contribution in [2.24, 2.45) is 0 Å². The van der Waals surface area contributed by atoms with Crippen molar-refractivity contribution in [3.8, 4) is 23.7 Å². The van der Waals surface area contributed by atoms with E-state index in [1.54, 1.807) is 0 Å². The Morgan fingerprint density at radius 2 is 0.773 bits per heavy atom. The van der Waals surface area contributed by atoms with E-state index in [0.717, 1.165) is 11.1 Å². The van der Waals surface area contributed by atoms with Crippen molar-refractivity contribution in [1.29, 1.82) is 0 Å². The van der Waals surface area contributed by atoms with Gasteiger partial charge in [0.15, 0.2) is 0 Å². The lowest BCUT2D eigenvalue weighted by atomic mass is 10.00. The van der Waals surface area contributed by atoms with E-state index in [2.05, 4.69) is 89.5 Å². The van der Waals surface area contributed by atoms with Crippen LogP contribution in [0, 0.1) is 65.2 Å². The van der Waals surface area contributed by atoms with Gasteiger partial charge >= 0.3 is 0 Å². The highest BCUT2D eigenvalue weighted by Gasteiger charge is 2.01. The topological polar surface area (TPSA) is 0 Å². The Bertz CT molecular complexity index is 724. The molecule has 0 spiro atoms. The van der Waals surface area contributed by atoms with E-state index in [4.69, 9.17) is 0 Å². The molecule has 2 aromatic rings. The second-order valence-corrected chi connectivity index (χ2v) is 6.05. The fourth-order valence-electron chi connectivity index (χ4n) is 2.94. The average molecular weight is 286 g/mol. The molecule has 0 aliphatic heterocycles. The summed E-state index contributed by atoms with van der Waals surface area (Å²) >= 11 is 0. The summed E-state index contributed by atoms with van der Waals surface area (Å²) in [6.07, 6.45) is 0. The minimum Gasteiger partial charge on any atom is -0.0551 e. The molecule has 0 saturated heterocycles. The van der Waals surface area contributed by atoms with Crippen LogP contribution in [0.1, 0.15) is 44.5 Å². The van der Waals surface area contributed by atoms with E-state index in [1.807, 2.05) is 0 Å². The zero-order valence-electron chi connectivity index (χ0n) is 14.3. The Hall–Kier alpha value is -2.44. The van der Waals surface area contributed by atoms with Gasteiger partial charge in [-0.1, -0.05) is 47.2 Å². The summed E-state index contributed by atoms with van der Waals surface area (Å²) in [7, 11) is 0. The molecule has 22 heavy (non-hydrogen) atoms. The van der Waals surface area contributed by atoms with Crippen LogP contribution < -0.4 is 0 Å². The first-order valence-electron chi connectivity index (χ1n) is 7.56. The number of rotatable bonds is 0. The van der Waals surface area contributed by atoms with E-state index in [1.165, 1.54) is 33.4 Å². The Morgan fingerprint density at radius 3 is 1.05 bits per heavy atom. The summed E-state index contributed by atoms with van der Waals surface area (Å²) in [6, 6.07) is 8.66. The first kappa shape index (κ1) is 15.9. The summed E-state index contributed by atoms with van der Waals surface area (Å²) in [5, 5.41) is 0. The van der Waals surface area contributed by atoms with E-state index in [-0.39, 0.29) is 0 Å². The van der Waals surface area contributed by atoms with Crippen molar-refractivity contribution in [3.05, 3.63) is 68.8 Å². The third-order valence-corrected chi connectivity index (χ3v) is 3.79. The van der Waals surface area contributed by atoms with Crippen molar-refractivity contribution >= 4 is 0 Å². The van der Waals surface area contributed by atoms with Crippen molar-refractivity contribution in [2.75, 3.05) is 0 Å². The van der Waals surface area contributed by atoms with Crippen LogP contribution in [0.15, 0.2) is 24.3 Å². The molecule has 0 aliphatic rings. The third kappa shape index (κ3) is 3.60. The quantitative estimate of drug-likeness (QED) is 0.602. The maximum absolute atomic E-state index is 3.21. The number of hydrogen-bond donors (Lipinski definition) is 0. The summed E-state index contributed by atoms with van der Waals surface area (Å²) in [5.74, 6) is 12.4. The molecule has 110 valence electrons. The van der Waals surface area contributed by atoms with Gasteiger partial charge in [-0.3, -0.25) is 0 Å². The highest BCUT2D eigenvalue weighted by Crippen LogP contribution is 2.16. The zero-order valence-corrected chi connectivity index (χ0v) is 14.3. The lowest BCUT2D eigenvalue weighted by Crippen LogP contribution is -1.90. The van der Waals surface area contributed by atoms with Gasteiger partial charge in [0.25, 0.3) is 0 Å². The van der Waals surface area contributed by atoms with Gasteiger partial charge in [-0.15, -0.1) is 0 Å². The van der Waals surface area contributed by atoms with Crippen LogP contribution >= 0.6 is 0 Å². The van der Waals surface area contributed by atoms with Crippen LogP contribution in [0.3, 0.4) is 0 Å². The molecular weight excluding hydrogens is 264 g/mol. The highest BCUT2D eigenvalue weighted by molar-refractivity contribution is 5.54. The predicted octanol–water partition coefficient (Wildman–Crippen LogP) is 4.94. The molecule has 2 aromatic carbocycles. The van der Waals surface area contributed by atoms with Gasteiger partial charge in [0.05, 0.1) is 0 Å². The standard InChI is InChI=1S/C22H22/c1-15-11-17(3)21(18(4)12-15)9-7-8-10-22-19(5)13-16(2)14-20(22)6/h11-14H,1-6H3. The minimum absolute atomic E-state index is 1.09. The molecule has 0 heteroatoms. The maximum atomic E-state index is 3.21. The van der Waals surface area contributed by atoms with Crippen LogP contribution in [-0.4, -0.2) is 0 Å². The number of benzene rings is 2. The SMILES string of the molecule is Cc1cc(C)c(C#CC#Cc2c(C)cc(C)cc2C)c(C)c1. The molecule has 0 unspecified atom stereocenters. The molecule has 0 heterocycles. The van der Waals surface area contributed by atoms with Crippen LogP contribution in [0.25, 0.3) is 0 Å². The molecule has 0 N–H and O–H groups in total. The van der Waals surface area contributed by atoms with E-state index in [0.29, 0.717) is 0 Å². The molecular formula is C22H22. The Labute approximate surface area is 134 Å². The molecule has 0 amide bonds. The van der Waals surface area contributed by atoms with Crippen molar-refractivity contribution < 1.29 is 0 Å². The second-order valence-electron chi connectivity index (χ2n) is 6.05. The fraction of sp³-hybridized carbons (Fsp3) is 0.273. The van der Waals surface area contributed by atoms with E-state index >= 15 is 0 Å². The number of hydrogen-bond acceptors (Lipinski definition) is 0. The smallest absolute Gasteiger partial charge is 0.0314 e. The minimum atomic E-state index is 1.09. The lowest BCUT2D eigenvalue weighted by Gasteiger charge is -2.04. The summed E-state index contributed by atoms with van der Waals surface area (Å²) in [6.45, 7) is 12.6. The summed E-state index contributed by atoms with van der Waals surface area (Å²) in [5.41, 5.74) is 9.61. The lowest BCUT2D eigenvalue weighted by molar-refractivity contribution is 1.29. The predicted molar refractivity (Wildman–Crippen MR) is 95.1 cm³/mol. The molecule has 0 nitrogen and oxygen atoms in total. The maximum Gasteiger partial charge on any atom is 0.0314 e.